The third-order valence-corrected chi connectivity index (χ3v) is 6.48. The molecule has 4 rings (SSSR count). The first-order valence-corrected chi connectivity index (χ1v) is 12.1. The molecule has 2 aliphatic rings. The van der Waals surface area contributed by atoms with E-state index in [1.807, 2.05) is 64.1 Å². The summed E-state index contributed by atoms with van der Waals surface area (Å²) in [5.41, 5.74) is 2.68. The van der Waals surface area contributed by atoms with Gasteiger partial charge in [0, 0.05) is 23.6 Å². The van der Waals surface area contributed by atoms with Crippen LogP contribution in [0.5, 0.6) is 34.5 Å². The molecule has 0 fully saturated rings. The summed E-state index contributed by atoms with van der Waals surface area (Å²) in [7, 11) is 6.61. The molecule has 2 aliphatic heterocycles. The third-order valence-electron chi connectivity index (χ3n) is 6.48. The highest BCUT2D eigenvalue weighted by molar-refractivity contribution is 5.79. The lowest BCUT2D eigenvalue weighted by Gasteiger charge is -2.32. The van der Waals surface area contributed by atoms with Crippen molar-refractivity contribution in [2.75, 3.05) is 28.4 Å². The third kappa shape index (κ3) is 4.64. The Bertz CT molecular complexity index is 1250. The minimum atomic E-state index is -0.456. The molecule has 1 unspecified atom stereocenters. The highest BCUT2D eigenvalue weighted by Crippen LogP contribution is 2.49. The van der Waals surface area contributed by atoms with E-state index in [2.05, 4.69) is 19.1 Å². The minimum absolute atomic E-state index is 0.0588. The zero-order valence-electron chi connectivity index (χ0n) is 22.6. The summed E-state index contributed by atoms with van der Waals surface area (Å²) in [4.78, 5) is 0. The minimum Gasteiger partial charge on any atom is -0.496 e. The molecule has 1 atom stereocenters. The van der Waals surface area contributed by atoms with Crippen molar-refractivity contribution >= 4 is 18.2 Å². The molecule has 2 aromatic carbocycles. The predicted molar refractivity (Wildman–Crippen MR) is 144 cm³/mol. The van der Waals surface area contributed by atoms with Crippen LogP contribution < -0.4 is 28.4 Å². The molecule has 0 radical (unpaired) electrons. The molecular weight excluding hydrogens is 456 g/mol. The molecule has 6 nitrogen and oxygen atoms in total. The molecule has 0 N–H and O–H groups in total. The van der Waals surface area contributed by atoms with Crippen molar-refractivity contribution in [3.05, 3.63) is 52.6 Å². The number of hydrogen-bond donors (Lipinski definition) is 0. The van der Waals surface area contributed by atoms with Gasteiger partial charge in [-0.1, -0.05) is 19.1 Å². The van der Waals surface area contributed by atoms with Gasteiger partial charge in [-0.15, -0.1) is 0 Å². The molecule has 0 bridgehead atoms. The first-order chi connectivity index (χ1) is 17.0. The summed E-state index contributed by atoms with van der Waals surface area (Å²) in [6, 6.07) is 3.80. The van der Waals surface area contributed by atoms with Gasteiger partial charge in [0.2, 0.25) is 0 Å². The maximum absolute atomic E-state index is 6.45. The van der Waals surface area contributed by atoms with Crippen LogP contribution >= 0.6 is 0 Å². The molecule has 36 heavy (non-hydrogen) atoms. The van der Waals surface area contributed by atoms with Crippen molar-refractivity contribution in [2.24, 2.45) is 0 Å². The van der Waals surface area contributed by atoms with Crippen LogP contribution in [0.1, 0.15) is 62.8 Å². The van der Waals surface area contributed by atoms with Gasteiger partial charge in [-0.05, 0) is 52.0 Å². The highest BCUT2D eigenvalue weighted by atomic mass is 16.5. The van der Waals surface area contributed by atoms with Crippen molar-refractivity contribution in [1.29, 1.82) is 0 Å². The SMILES string of the molecule is COc1cc(OC)c(/C=C/C(C)c2c(OC)cc(OC)c3c2OC(C)(C)C=C3)c2c1C=CC(C)(C)O2. The smallest absolute Gasteiger partial charge is 0.142 e. The van der Waals surface area contributed by atoms with E-state index in [1.165, 1.54) is 0 Å². The number of rotatable bonds is 7. The molecule has 2 aromatic rings. The topological polar surface area (TPSA) is 55.4 Å². The van der Waals surface area contributed by atoms with Crippen LogP contribution in [0, 0.1) is 0 Å². The van der Waals surface area contributed by atoms with Gasteiger partial charge in [0.25, 0.3) is 0 Å². The molecule has 0 aromatic heterocycles. The maximum atomic E-state index is 6.45. The Morgan fingerprint density at radius 1 is 0.694 bits per heavy atom. The normalized spacial score (nSPS) is 17.5. The van der Waals surface area contributed by atoms with E-state index in [0.29, 0.717) is 23.0 Å². The fourth-order valence-corrected chi connectivity index (χ4v) is 4.59. The predicted octanol–water partition coefficient (Wildman–Crippen LogP) is 6.91. The summed E-state index contributed by atoms with van der Waals surface area (Å²) >= 11 is 0. The number of allylic oxidation sites excluding steroid dienone is 1. The van der Waals surface area contributed by atoms with Crippen LogP contribution in [0.2, 0.25) is 0 Å². The lowest BCUT2D eigenvalue weighted by molar-refractivity contribution is 0.155. The number of fused-ring (bicyclic) bond motifs is 2. The van der Waals surface area contributed by atoms with Gasteiger partial charge in [0.15, 0.2) is 0 Å². The molecule has 0 spiro atoms. The second-order valence-corrected chi connectivity index (χ2v) is 10.1. The van der Waals surface area contributed by atoms with E-state index in [9.17, 15) is 0 Å². The zero-order valence-corrected chi connectivity index (χ0v) is 22.6. The van der Waals surface area contributed by atoms with Gasteiger partial charge in [-0.2, -0.15) is 0 Å². The van der Waals surface area contributed by atoms with Gasteiger partial charge in [0.05, 0.1) is 45.1 Å². The second kappa shape index (κ2) is 9.49. The monoisotopic (exact) mass is 492 g/mol. The first-order valence-electron chi connectivity index (χ1n) is 12.1. The van der Waals surface area contributed by atoms with Crippen LogP contribution in [0.15, 0.2) is 30.4 Å². The molecule has 0 aliphatic carbocycles. The summed E-state index contributed by atoms with van der Waals surface area (Å²) in [6.45, 7) is 10.2. The molecule has 0 saturated heterocycles. The largest absolute Gasteiger partial charge is 0.496 e. The Morgan fingerprint density at radius 3 is 1.69 bits per heavy atom. The van der Waals surface area contributed by atoms with Crippen molar-refractivity contribution in [1.82, 2.24) is 0 Å². The number of hydrogen-bond acceptors (Lipinski definition) is 6. The quantitative estimate of drug-likeness (QED) is 0.419. The Hall–Kier alpha value is -3.54. The molecule has 0 amide bonds. The van der Waals surface area contributed by atoms with Crippen LogP contribution in [0.25, 0.3) is 18.2 Å². The number of ether oxygens (including phenoxy) is 6. The van der Waals surface area contributed by atoms with Gasteiger partial charge < -0.3 is 28.4 Å². The molecule has 6 heteroatoms. The van der Waals surface area contributed by atoms with Gasteiger partial charge >= 0.3 is 0 Å². The standard InChI is InChI=1S/C30H36O6/c1-18(26-25(34-9)17-24(33-8)21-13-15-30(4,5)36-28(21)26)10-11-19-22(31-6)16-23(32-7)20-12-14-29(2,3)35-27(19)20/h10-18H,1-9H3/b11-10+. The summed E-state index contributed by atoms with van der Waals surface area (Å²) in [6.07, 6.45) is 12.3. The van der Waals surface area contributed by atoms with Crippen LogP contribution in [-0.4, -0.2) is 39.6 Å². The summed E-state index contributed by atoms with van der Waals surface area (Å²) in [5, 5.41) is 0. The van der Waals surface area contributed by atoms with Gasteiger partial charge in [-0.3, -0.25) is 0 Å². The summed E-state index contributed by atoms with van der Waals surface area (Å²) < 4.78 is 35.6. The number of benzene rings is 2. The van der Waals surface area contributed by atoms with Crippen LogP contribution in [0.4, 0.5) is 0 Å². The Labute approximate surface area is 214 Å². The fraction of sp³-hybridized carbons (Fsp3) is 0.400. The molecule has 2 heterocycles. The first kappa shape index (κ1) is 25.5. The van der Waals surface area contributed by atoms with E-state index in [-0.39, 0.29) is 5.92 Å². The lowest BCUT2D eigenvalue weighted by Crippen LogP contribution is -2.28. The Balaban J connectivity index is 1.84. The van der Waals surface area contributed by atoms with Crippen molar-refractivity contribution < 1.29 is 28.4 Å². The van der Waals surface area contributed by atoms with E-state index < -0.39 is 11.2 Å². The van der Waals surface area contributed by atoms with Crippen molar-refractivity contribution in [3.63, 3.8) is 0 Å². The molecule has 0 saturated carbocycles. The van der Waals surface area contributed by atoms with Crippen LogP contribution in [-0.2, 0) is 0 Å². The fourth-order valence-electron chi connectivity index (χ4n) is 4.59. The van der Waals surface area contributed by atoms with E-state index in [4.69, 9.17) is 28.4 Å². The lowest BCUT2D eigenvalue weighted by atomic mass is 9.91. The summed E-state index contributed by atoms with van der Waals surface area (Å²) in [5.74, 6) is 4.22. The van der Waals surface area contributed by atoms with Gasteiger partial charge in [-0.25, -0.2) is 0 Å². The second-order valence-electron chi connectivity index (χ2n) is 10.1. The average molecular weight is 493 g/mol. The molecule has 192 valence electrons. The number of methoxy groups -OCH3 is 4. The highest BCUT2D eigenvalue weighted by Gasteiger charge is 2.31. The van der Waals surface area contributed by atoms with Gasteiger partial charge in [0.1, 0.15) is 45.7 Å². The van der Waals surface area contributed by atoms with Crippen LogP contribution in [0.3, 0.4) is 0 Å². The van der Waals surface area contributed by atoms with Crippen molar-refractivity contribution in [3.8, 4) is 34.5 Å². The van der Waals surface area contributed by atoms with E-state index in [1.54, 1.807) is 28.4 Å². The molecular formula is C30H36O6. The maximum Gasteiger partial charge on any atom is 0.142 e. The van der Waals surface area contributed by atoms with Crippen molar-refractivity contribution in [2.45, 2.75) is 51.7 Å². The van der Waals surface area contributed by atoms with E-state index in [0.717, 1.165) is 33.8 Å². The Morgan fingerprint density at radius 2 is 1.17 bits per heavy atom. The van der Waals surface area contributed by atoms with E-state index >= 15 is 0 Å². The average Bonchev–Trinajstić information content (AvgIpc) is 2.84. The Kier molecular flexibility index (Phi) is 6.74. The zero-order chi connectivity index (χ0) is 26.3.